The van der Waals surface area contributed by atoms with Crippen LogP contribution in [0.15, 0.2) is 16.3 Å². The van der Waals surface area contributed by atoms with Gasteiger partial charge in [-0.25, -0.2) is 4.58 Å². The van der Waals surface area contributed by atoms with E-state index >= 15 is 0 Å². The number of oxime groups is 1. The fourth-order valence-corrected chi connectivity index (χ4v) is 2.05. The summed E-state index contributed by atoms with van der Waals surface area (Å²) in [7, 11) is 0. The highest BCUT2D eigenvalue weighted by molar-refractivity contribution is 6.01. The number of rotatable bonds is 8. The lowest BCUT2D eigenvalue weighted by Gasteiger charge is -2.23. The Morgan fingerprint density at radius 3 is 2.84 bits per heavy atom. The van der Waals surface area contributed by atoms with E-state index in [2.05, 4.69) is 18.8 Å². The number of aliphatic hydroxyl groups is 1. The van der Waals surface area contributed by atoms with Gasteiger partial charge in [0.15, 0.2) is 6.54 Å². The summed E-state index contributed by atoms with van der Waals surface area (Å²) in [5.74, 6) is 0. The molecule has 0 amide bonds. The number of aliphatic hydroxyl groups excluding tert-OH is 1. The zero-order valence-corrected chi connectivity index (χ0v) is 12.2. The smallest absolute Gasteiger partial charge is 0.169 e. The summed E-state index contributed by atoms with van der Waals surface area (Å²) in [5, 5.41) is 13.2. The largest absolute Gasteiger partial charge is 0.396 e. The number of hydrogen-bond acceptors (Lipinski definition) is 4. The van der Waals surface area contributed by atoms with Crippen molar-refractivity contribution in [1.29, 1.82) is 0 Å². The molecule has 19 heavy (non-hydrogen) atoms. The summed E-state index contributed by atoms with van der Waals surface area (Å²) in [6.45, 7) is 12.8. The summed E-state index contributed by atoms with van der Waals surface area (Å²) in [6, 6.07) is 0. The van der Waals surface area contributed by atoms with E-state index in [0.717, 1.165) is 23.4 Å². The molecule has 0 aliphatic carbocycles. The van der Waals surface area contributed by atoms with Crippen molar-refractivity contribution in [3.8, 4) is 0 Å². The maximum atomic E-state index is 9.14. The van der Waals surface area contributed by atoms with Crippen LogP contribution < -0.4 is 0 Å². The molecule has 0 saturated carbocycles. The zero-order chi connectivity index (χ0) is 14.3. The van der Waals surface area contributed by atoms with Gasteiger partial charge in [-0.1, -0.05) is 5.16 Å². The van der Waals surface area contributed by atoms with Gasteiger partial charge >= 0.3 is 0 Å². The molecule has 1 rings (SSSR count). The third kappa shape index (κ3) is 4.44. The number of hydrogen-bond donors (Lipinski definition) is 1. The molecule has 0 aromatic heterocycles. The van der Waals surface area contributed by atoms with Crippen molar-refractivity contribution >= 4 is 12.4 Å². The second-order valence-corrected chi connectivity index (χ2v) is 4.53. The molecule has 0 bridgehead atoms. The van der Waals surface area contributed by atoms with Gasteiger partial charge in [-0.05, 0) is 20.8 Å². The van der Waals surface area contributed by atoms with Crippen molar-refractivity contribution in [2.45, 2.75) is 33.3 Å². The van der Waals surface area contributed by atoms with E-state index in [1.165, 1.54) is 0 Å². The summed E-state index contributed by atoms with van der Waals surface area (Å²) >= 11 is 0. The number of likely N-dealkylation sites (N-methyl/N-ethyl adjacent to an activating group) is 1. The molecule has 0 aromatic carbocycles. The standard InChI is InChI=1S/C14H25N2O3/c1-5-16(4)9-12-13(11(3)18-6-2)10-19-15-14(12)7-8-17/h11,17H,4-10H2,1-3H3/q+1. The van der Waals surface area contributed by atoms with Gasteiger partial charge in [0.05, 0.1) is 11.8 Å². The van der Waals surface area contributed by atoms with E-state index in [1.807, 2.05) is 18.4 Å². The first-order valence-electron chi connectivity index (χ1n) is 6.83. The molecule has 1 atom stereocenters. The predicted molar refractivity (Wildman–Crippen MR) is 76.0 cm³/mol. The first-order valence-corrected chi connectivity index (χ1v) is 6.83. The monoisotopic (exact) mass is 269 g/mol. The van der Waals surface area contributed by atoms with E-state index < -0.39 is 0 Å². The average molecular weight is 269 g/mol. The Morgan fingerprint density at radius 2 is 2.26 bits per heavy atom. The van der Waals surface area contributed by atoms with E-state index in [4.69, 9.17) is 14.7 Å². The molecule has 1 N–H and O–H groups in total. The highest BCUT2D eigenvalue weighted by Crippen LogP contribution is 2.20. The van der Waals surface area contributed by atoms with Crippen LogP contribution in [-0.2, 0) is 9.57 Å². The minimum atomic E-state index is -0.00514. The van der Waals surface area contributed by atoms with Crippen molar-refractivity contribution in [1.82, 2.24) is 0 Å². The lowest BCUT2D eigenvalue weighted by molar-refractivity contribution is -0.506. The molecule has 0 spiro atoms. The minimum Gasteiger partial charge on any atom is -0.396 e. The van der Waals surface area contributed by atoms with Gasteiger partial charge in [0.25, 0.3) is 0 Å². The molecule has 5 nitrogen and oxygen atoms in total. The number of nitrogens with zero attached hydrogens (tertiary/aromatic N) is 2. The summed E-state index contributed by atoms with van der Waals surface area (Å²) in [6.07, 6.45) is 0.490. The Labute approximate surface area is 115 Å². The van der Waals surface area contributed by atoms with Crippen molar-refractivity contribution in [2.24, 2.45) is 5.16 Å². The fourth-order valence-electron chi connectivity index (χ4n) is 2.05. The Kier molecular flexibility index (Phi) is 6.73. The van der Waals surface area contributed by atoms with E-state index in [0.29, 0.717) is 26.2 Å². The normalized spacial score (nSPS) is 16.9. The average Bonchev–Trinajstić information content (AvgIpc) is 2.41. The van der Waals surface area contributed by atoms with Crippen LogP contribution in [0.3, 0.4) is 0 Å². The Balaban J connectivity index is 3.01. The van der Waals surface area contributed by atoms with E-state index in [9.17, 15) is 0 Å². The maximum Gasteiger partial charge on any atom is 0.169 e. The third-order valence-electron chi connectivity index (χ3n) is 3.22. The Morgan fingerprint density at radius 1 is 1.53 bits per heavy atom. The second kappa shape index (κ2) is 8.07. The topological polar surface area (TPSA) is 54.1 Å². The maximum absolute atomic E-state index is 9.14. The van der Waals surface area contributed by atoms with Crippen molar-refractivity contribution < 1.29 is 19.3 Å². The molecule has 5 heteroatoms. The van der Waals surface area contributed by atoms with Crippen LogP contribution in [0.4, 0.5) is 0 Å². The lowest BCUT2D eigenvalue weighted by atomic mass is 9.97. The van der Waals surface area contributed by atoms with Crippen LogP contribution in [0.25, 0.3) is 0 Å². The molecule has 1 aliphatic rings. The summed E-state index contributed by atoms with van der Waals surface area (Å²) in [5.41, 5.74) is 3.00. The molecule has 1 aliphatic heterocycles. The van der Waals surface area contributed by atoms with Crippen LogP contribution >= 0.6 is 0 Å². The highest BCUT2D eigenvalue weighted by atomic mass is 16.6. The quantitative estimate of drug-likeness (QED) is 0.532. The van der Waals surface area contributed by atoms with Gasteiger partial charge in [0.2, 0.25) is 0 Å². The van der Waals surface area contributed by atoms with Gasteiger partial charge < -0.3 is 14.7 Å². The van der Waals surface area contributed by atoms with Gasteiger partial charge in [-0.15, -0.1) is 0 Å². The van der Waals surface area contributed by atoms with E-state index in [1.54, 1.807) is 0 Å². The first kappa shape index (κ1) is 15.9. The third-order valence-corrected chi connectivity index (χ3v) is 3.22. The molecule has 0 saturated heterocycles. The van der Waals surface area contributed by atoms with Crippen LogP contribution in [0.1, 0.15) is 27.2 Å². The predicted octanol–water partition coefficient (Wildman–Crippen LogP) is 1.21. The van der Waals surface area contributed by atoms with Crippen LogP contribution in [-0.4, -0.2) is 61.1 Å². The molecule has 1 unspecified atom stereocenters. The first-order chi connectivity index (χ1) is 9.13. The molecular formula is C14H25N2O3+. The van der Waals surface area contributed by atoms with Crippen molar-refractivity contribution in [2.75, 3.05) is 32.9 Å². The highest BCUT2D eigenvalue weighted by Gasteiger charge is 2.25. The SMILES string of the molecule is C=[N+](CC)CC1=C(C(C)OCC)CON=C1CCO. The van der Waals surface area contributed by atoms with E-state index in [-0.39, 0.29) is 12.7 Å². The lowest BCUT2D eigenvalue weighted by Crippen LogP contribution is -2.29. The number of ether oxygens (including phenoxy) is 1. The van der Waals surface area contributed by atoms with Crippen LogP contribution in [0, 0.1) is 0 Å². The summed E-state index contributed by atoms with van der Waals surface area (Å²) in [4.78, 5) is 5.26. The molecule has 0 radical (unpaired) electrons. The zero-order valence-electron chi connectivity index (χ0n) is 12.2. The van der Waals surface area contributed by atoms with Crippen molar-refractivity contribution in [3.05, 3.63) is 11.1 Å². The van der Waals surface area contributed by atoms with Crippen LogP contribution in [0.2, 0.25) is 0 Å². The second-order valence-electron chi connectivity index (χ2n) is 4.53. The molecule has 108 valence electrons. The molecular weight excluding hydrogens is 244 g/mol. The molecule has 0 fully saturated rings. The van der Waals surface area contributed by atoms with Gasteiger partial charge in [-0.2, -0.15) is 0 Å². The summed E-state index contributed by atoms with van der Waals surface area (Å²) < 4.78 is 7.62. The van der Waals surface area contributed by atoms with Gasteiger partial charge in [0, 0.05) is 30.8 Å². The Bertz CT molecular complexity index is 375. The molecule has 1 heterocycles. The van der Waals surface area contributed by atoms with Gasteiger partial charge in [-0.3, -0.25) is 0 Å². The van der Waals surface area contributed by atoms with Crippen molar-refractivity contribution in [3.63, 3.8) is 0 Å². The Hall–Kier alpha value is -1.20. The van der Waals surface area contributed by atoms with Crippen LogP contribution in [0.5, 0.6) is 0 Å². The fraction of sp³-hybridized carbons (Fsp3) is 0.714. The minimum absolute atomic E-state index is 0.00514. The molecule has 0 aromatic rings. The van der Waals surface area contributed by atoms with Gasteiger partial charge in [0.1, 0.15) is 19.9 Å².